The highest BCUT2D eigenvalue weighted by molar-refractivity contribution is 6.08. The number of benzene rings is 3. The fourth-order valence-corrected chi connectivity index (χ4v) is 3.77. The minimum atomic E-state index is -0.346. The molecule has 0 saturated heterocycles. The molecule has 36 heavy (non-hydrogen) atoms. The Labute approximate surface area is 208 Å². The largest absolute Gasteiger partial charge is 0.497 e. The van der Waals surface area contributed by atoms with Gasteiger partial charge in [-0.1, -0.05) is 48.5 Å². The second-order valence-corrected chi connectivity index (χ2v) is 7.85. The molecule has 0 atom stereocenters. The zero-order valence-electron chi connectivity index (χ0n) is 19.8. The van der Waals surface area contributed by atoms with E-state index in [-0.39, 0.29) is 5.91 Å². The average molecular weight is 478 g/mol. The maximum atomic E-state index is 13.4. The Morgan fingerprint density at radius 2 is 1.56 bits per heavy atom. The number of rotatable bonds is 7. The summed E-state index contributed by atoms with van der Waals surface area (Å²) in [5.41, 5.74) is 3.69. The number of anilines is 1. The summed E-state index contributed by atoms with van der Waals surface area (Å²) >= 11 is 0. The molecule has 2 aromatic heterocycles. The third-order valence-corrected chi connectivity index (χ3v) is 5.59. The van der Waals surface area contributed by atoms with Crippen LogP contribution in [0.25, 0.3) is 28.3 Å². The Morgan fingerprint density at radius 3 is 2.22 bits per heavy atom. The van der Waals surface area contributed by atoms with Crippen LogP contribution in [0.2, 0.25) is 0 Å². The minimum Gasteiger partial charge on any atom is -0.497 e. The molecule has 0 aliphatic heterocycles. The van der Waals surface area contributed by atoms with Crippen LogP contribution >= 0.6 is 0 Å². The van der Waals surface area contributed by atoms with E-state index in [4.69, 9.17) is 14.6 Å². The van der Waals surface area contributed by atoms with Crippen molar-refractivity contribution < 1.29 is 14.3 Å². The Hall–Kier alpha value is -4.98. The van der Waals surface area contributed by atoms with Crippen LogP contribution in [-0.4, -0.2) is 39.9 Å². The lowest BCUT2D eigenvalue weighted by molar-refractivity contribution is 0.102. The molecule has 5 aromatic rings. The van der Waals surface area contributed by atoms with Crippen LogP contribution in [0, 0.1) is 0 Å². The Kier molecular flexibility index (Phi) is 6.40. The van der Waals surface area contributed by atoms with E-state index in [2.05, 4.69) is 15.3 Å². The zero-order chi connectivity index (χ0) is 24.9. The molecule has 3 aromatic carbocycles. The lowest BCUT2D eigenvalue weighted by Crippen LogP contribution is -2.13. The molecule has 1 amide bonds. The number of para-hydroxylation sites is 1. The van der Waals surface area contributed by atoms with E-state index in [1.807, 2.05) is 66.7 Å². The SMILES string of the molecule is COc1ccc(-c2nn(-c3ccccc3)cc2C(=O)Nc2cnc(-c3ccccc3)nc2)c(OC)c1. The van der Waals surface area contributed by atoms with Gasteiger partial charge < -0.3 is 14.8 Å². The monoisotopic (exact) mass is 477 g/mol. The first kappa shape index (κ1) is 22.8. The first-order valence-electron chi connectivity index (χ1n) is 11.2. The normalized spacial score (nSPS) is 10.6. The van der Waals surface area contributed by atoms with Gasteiger partial charge in [-0.25, -0.2) is 14.6 Å². The molecule has 0 spiro atoms. The van der Waals surface area contributed by atoms with E-state index in [9.17, 15) is 4.79 Å². The Balaban J connectivity index is 1.51. The second-order valence-electron chi connectivity index (χ2n) is 7.85. The van der Waals surface area contributed by atoms with Crippen molar-refractivity contribution in [1.82, 2.24) is 19.7 Å². The number of carbonyl (C=O) groups excluding carboxylic acids is 1. The van der Waals surface area contributed by atoms with E-state index in [0.717, 1.165) is 11.3 Å². The smallest absolute Gasteiger partial charge is 0.259 e. The van der Waals surface area contributed by atoms with Crippen molar-refractivity contribution in [3.8, 4) is 39.8 Å². The van der Waals surface area contributed by atoms with Crippen LogP contribution in [0.1, 0.15) is 10.4 Å². The van der Waals surface area contributed by atoms with Crippen LogP contribution < -0.4 is 14.8 Å². The van der Waals surface area contributed by atoms with Crippen LogP contribution in [-0.2, 0) is 0 Å². The number of hydrogen-bond acceptors (Lipinski definition) is 6. The molecule has 0 aliphatic rings. The lowest BCUT2D eigenvalue weighted by Gasteiger charge is -2.10. The van der Waals surface area contributed by atoms with Crippen molar-refractivity contribution in [1.29, 1.82) is 0 Å². The van der Waals surface area contributed by atoms with Gasteiger partial charge in [0.15, 0.2) is 5.82 Å². The topological polar surface area (TPSA) is 91.2 Å². The van der Waals surface area contributed by atoms with Crippen LogP contribution in [0.4, 0.5) is 5.69 Å². The summed E-state index contributed by atoms with van der Waals surface area (Å²) in [6, 6.07) is 24.6. The summed E-state index contributed by atoms with van der Waals surface area (Å²) in [5.74, 6) is 1.41. The predicted octanol–water partition coefficient (Wildman–Crippen LogP) is 5.27. The summed E-state index contributed by atoms with van der Waals surface area (Å²) in [5, 5.41) is 7.62. The van der Waals surface area contributed by atoms with Crippen LogP contribution in [0.15, 0.2) is 97.5 Å². The van der Waals surface area contributed by atoms with Crippen molar-refractivity contribution >= 4 is 11.6 Å². The predicted molar refractivity (Wildman–Crippen MR) is 138 cm³/mol. The van der Waals surface area contributed by atoms with Crippen LogP contribution in [0.5, 0.6) is 11.5 Å². The number of ether oxygens (including phenoxy) is 2. The molecular formula is C28H23N5O3. The van der Waals surface area contributed by atoms with Gasteiger partial charge in [-0.3, -0.25) is 4.79 Å². The van der Waals surface area contributed by atoms with E-state index in [1.54, 1.807) is 49.6 Å². The molecule has 1 N–H and O–H groups in total. The zero-order valence-corrected chi connectivity index (χ0v) is 19.8. The fourth-order valence-electron chi connectivity index (χ4n) is 3.77. The number of carbonyl (C=O) groups is 1. The number of aromatic nitrogens is 4. The van der Waals surface area contributed by atoms with Gasteiger partial charge in [0.2, 0.25) is 0 Å². The Morgan fingerprint density at radius 1 is 0.861 bits per heavy atom. The molecule has 0 saturated carbocycles. The van der Waals surface area contributed by atoms with Gasteiger partial charge in [-0.05, 0) is 24.3 Å². The highest BCUT2D eigenvalue weighted by atomic mass is 16.5. The molecule has 5 rings (SSSR count). The quantitative estimate of drug-likeness (QED) is 0.344. The van der Waals surface area contributed by atoms with Crippen molar-refractivity contribution in [2.45, 2.75) is 0 Å². The maximum absolute atomic E-state index is 13.4. The molecule has 0 radical (unpaired) electrons. The van der Waals surface area contributed by atoms with Gasteiger partial charge in [-0.2, -0.15) is 5.10 Å². The molecule has 0 bridgehead atoms. The summed E-state index contributed by atoms with van der Waals surface area (Å²) in [4.78, 5) is 22.2. The third-order valence-electron chi connectivity index (χ3n) is 5.59. The fraction of sp³-hybridized carbons (Fsp3) is 0.0714. The molecule has 0 aliphatic carbocycles. The first-order valence-corrected chi connectivity index (χ1v) is 11.2. The van der Waals surface area contributed by atoms with E-state index in [0.29, 0.717) is 39.8 Å². The van der Waals surface area contributed by atoms with Gasteiger partial charge in [0, 0.05) is 23.4 Å². The maximum Gasteiger partial charge on any atom is 0.259 e. The lowest BCUT2D eigenvalue weighted by atomic mass is 10.1. The minimum absolute atomic E-state index is 0.346. The number of nitrogens with one attached hydrogen (secondary N) is 1. The van der Waals surface area contributed by atoms with Gasteiger partial charge >= 0.3 is 0 Å². The standard InChI is InChI=1S/C28H23N5O3/c1-35-22-13-14-23(25(15-22)36-2)26-24(18-33(32-26)21-11-7-4-8-12-21)28(34)31-20-16-29-27(30-17-20)19-9-5-3-6-10-19/h3-18H,1-2H3,(H,31,34). The summed E-state index contributed by atoms with van der Waals surface area (Å²) in [6.45, 7) is 0. The number of methoxy groups -OCH3 is 2. The summed E-state index contributed by atoms with van der Waals surface area (Å²) in [7, 11) is 3.15. The van der Waals surface area contributed by atoms with E-state index in [1.165, 1.54) is 0 Å². The van der Waals surface area contributed by atoms with Crippen molar-refractivity contribution in [2.24, 2.45) is 0 Å². The molecule has 0 unspecified atom stereocenters. The number of amides is 1. The summed E-state index contributed by atoms with van der Waals surface area (Å²) < 4.78 is 12.6. The highest BCUT2D eigenvalue weighted by Crippen LogP contribution is 2.35. The molecule has 178 valence electrons. The third kappa shape index (κ3) is 4.65. The van der Waals surface area contributed by atoms with E-state index < -0.39 is 0 Å². The van der Waals surface area contributed by atoms with Crippen molar-refractivity contribution in [3.05, 3.63) is 103 Å². The van der Waals surface area contributed by atoms with Crippen molar-refractivity contribution in [3.63, 3.8) is 0 Å². The molecule has 0 fully saturated rings. The number of hydrogen-bond donors (Lipinski definition) is 1. The molecule has 8 heteroatoms. The van der Waals surface area contributed by atoms with Gasteiger partial charge in [-0.15, -0.1) is 0 Å². The number of nitrogens with zero attached hydrogens (tertiary/aromatic N) is 4. The average Bonchev–Trinajstić information content (AvgIpc) is 3.39. The highest BCUT2D eigenvalue weighted by Gasteiger charge is 2.22. The summed E-state index contributed by atoms with van der Waals surface area (Å²) in [6.07, 6.45) is 4.87. The van der Waals surface area contributed by atoms with Gasteiger partial charge in [0.1, 0.15) is 17.2 Å². The molecular weight excluding hydrogens is 454 g/mol. The van der Waals surface area contributed by atoms with Gasteiger partial charge in [0.05, 0.1) is 43.6 Å². The Bertz CT molecular complexity index is 1480. The first-order chi connectivity index (χ1) is 17.7. The molecule has 8 nitrogen and oxygen atoms in total. The van der Waals surface area contributed by atoms with Crippen molar-refractivity contribution in [2.75, 3.05) is 19.5 Å². The van der Waals surface area contributed by atoms with Crippen LogP contribution in [0.3, 0.4) is 0 Å². The van der Waals surface area contributed by atoms with Gasteiger partial charge in [0.25, 0.3) is 5.91 Å². The molecule has 2 heterocycles. The second kappa shape index (κ2) is 10.1. The van der Waals surface area contributed by atoms with E-state index >= 15 is 0 Å².